The minimum atomic E-state index is -0.0515. The highest BCUT2D eigenvalue weighted by molar-refractivity contribution is 5.61. The van der Waals surface area contributed by atoms with E-state index in [0.29, 0.717) is 45.4 Å². The van der Waals surface area contributed by atoms with Gasteiger partial charge in [0.15, 0.2) is 34.5 Å². The number of phenols is 2. The Labute approximate surface area is 264 Å². The van der Waals surface area contributed by atoms with Crippen molar-refractivity contribution in [3.8, 4) is 46.0 Å². The Morgan fingerprint density at radius 3 is 2.40 bits per heavy atom. The monoisotopic (exact) mass is 609 g/mol. The van der Waals surface area contributed by atoms with Crippen LogP contribution in [-0.2, 0) is 25.7 Å². The molecule has 45 heavy (non-hydrogen) atoms. The van der Waals surface area contributed by atoms with Gasteiger partial charge in [0, 0.05) is 25.4 Å². The maximum absolute atomic E-state index is 11.6. The number of rotatable bonds is 2. The summed E-state index contributed by atoms with van der Waals surface area (Å²) >= 11 is 0. The van der Waals surface area contributed by atoms with Gasteiger partial charge in [-0.05, 0) is 90.2 Å². The number of quaternary nitrogens is 1. The molecule has 3 heterocycles. The average Bonchev–Trinajstić information content (AvgIpc) is 3.02. The van der Waals surface area contributed by atoms with Crippen LogP contribution in [0.25, 0.3) is 0 Å². The lowest BCUT2D eigenvalue weighted by Gasteiger charge is -2.43. The molecule has 0 amide bonds. The van der Waals surface area contributed by atoms with Crippen molar-refractivity contribution in [1.82, 2.24) is 4.90 Å². The summed E-state index contributed by atoms with van der Waals surface area (Å²) in [4.78, 5) is 2.37. The Morgan fingerprint density at radius 2 is 1.60 bits per heavy atom. The molecule has 0 fully saturated rings. The van der Waals surface area contributed by atoms with E-state index in [1.807, 2.05) is 30.3 Å². The topological polar surface area (TPSA) is 80.6 Å². The van der Waals surface area contributed by atoms with Crippen molar-refractivity contribution in [3.05, 3.63) is 94.0 Å². The van der Waals surface area contributed by atoms with Crippen molar-refractivity contribution in [3.63, 3.8) is 0 Å². The van der Waals surface area contributed by atoms with E-state index in [9.17, 15) is 10.2 Å². The van der Waals surface area contributed by atoms with Crippen molar-refractivity contribution in [2.24, 2.45) is 0 Å². The smallest absolute Gasteiger partial charge is 0.201 e. The molecular weight excluding hydrogens is 568 g/mol. The Bertz CT molecular complexity index is 1780. The van der Waals surface area contributed by atoms with Crippen LogP contribution < -0.4 is 18.9 Å². The van der Waals surface area contributed by atoms with E-state index in [1.54, 1.807) is 20.3 Å². The lowest BCUT2D eigenvalue weighted by atomic mass is 9.86. The van der Waals surface area contributed by atoms with E-state index in [-0.39, 0.29) is 23.6 Å². The third-order valence-corrected chi connectivity index (χ3v) is 9.97. The molecule has 4 aromatic rings. The highest BCUT2D eigenvalue weighted by atomic mass is 16.5. The van der Waals surface area contributed by atoms with Crippen LogP contribution in [0.15, 0.2) is 60.7 Å². The van der Waals surface area contributed by atoms with Crippen LogP contribution >= 0.6 is 0 Å². The molecule has 6 bridgehead atoms. The van der Waals surface area contributed by atoms with Crippen molar-refractivity contribution < 1.29 is 33.6 Å². The summed E-state index contributed by atoms with van der Waals surface area (Å²) < 4.78 is 25.3. The molecule has 0 saturated carbocycles. The zero-order valence-corrected chi connectivity index (χ0v) is 26.6. The molecule has 8 nitrogen and oxygen atoms in total. The summed E-state index contributed by atoms with van der Waals surface area (Å²) in [6, 6.07) is 19.8. The van der Waals surface area contributed by atoms with Crippen molar-refractivity contribution >= 4 is 0 Å². The molecule has 7 rings (SSSR count). The molecule has 234 valence electrons. The second kappa shape index (κ2) is 11.2. The molecular formula is C37H41N2O6+. The van der Waals surface area contributed by atoms with Crippen molar-refractivity contribution in [1.29, 1.82) is 0 Å². The first-order valence-corrected chi connectivity index (χ1v) is 15.6. The number of hydrogen-bond donors (Lipinski definition) is 2. The van der Waals surface area contributed by atoms with Crippen LogP contribution in [0, 0.1) is 0 Å². The normalized spacial score (nSPS) is 20.2. The highest BCUT2D eigenvalue weighted by Gasteiger charge is 2.41. The van der Waals surface area contributed by atoms with Gasteiger partial charge in [-0.1, -0.05) is 18.2 Å². The van der Waals surface area contributed by atoms with Crippen LogP contribution in [0.2, 0.25) is 0 Å². The van der Waals surface area contributed by atoms with E-state index in [2.05, 4.69) is 50.3 Å². The van der Waals surface area contributed by atoms with Crippen molar-refractivity contribution in [2.75, 3.05) is 48.5 Å². The van der Waals surface area contributed by atoms with E-state index >= 15 is 0 Å². The Hall–Kier alpha value is -4.40. The quantitative estimate of drug-likeness (QED) is 0.245. The third-order valence-electron chi connectivity index (χ3n) is 9.97. The Morgan fingerprint density at radius 1 is 0.822 bits per heavy atom. The summed E-state index contributed by atoms with van der Waals surface area (Å²) in [5.74, 6) is 3.16. The van der Waals surface area contributed by atoms with E-state index in [1.165, 1.54) is 11.1 Å². The van der Waals surface area contributed by atoms with Gasteiger partial charge in [0.25, 0.3) is 0 Å². The number of phenolic OH excluding ortho intramolecular Hbond substituents is 2. The maximum atomic E-state index is 11.6. The number of likely N-dealkylation sites (N-methyl/N-ethyl adjacent to an activating group) is 2. The van der Waals surface area contributed by atoms with E-state index < -0.39 is 0 Å². The summed E-state index contributed by atoms with van der Waals surface area (Å²) in [6.45, 7) is 1.82. The number of hydrogen-bond acceptors (Lipinski definition) is 7. The minimum Gasteiger partial charge on any atom is -0.504 e. The summed E-state index contributed by atoms with van der Waals surface area (Å²) in [7, 11) is 9.81. The van der Waals surface area contributed by atoms with E-state index in [4.69, 9.17) is 18.9 Å². The molecule has 2 atom stereocenters. The SMILES string of the molecule is COc1cc2c3cc1Oc1cc(ccc1O)C[C@@H]1c4c(cc(OC)c(O)c4Oc4cccc(c4)C[C@@H]3N(C)CC2)CC[N+]1(C)C. The standard InChI is InChI=1S/C37H40N2O6/c1-38-13-11-24-19-32(42-4)33-21-27(24)28(38)16-22-7-6-8-26(15-22)44-37-35-25(20-34(43-5)36(37)41)12-14-39(2,3)29(35)17-23-9-10-30(40)31(18-23)45-33/h6-10,15,18-21,28-29H,11-14,16-17H2,1-5H3,(H-,40,41)/p+1/t28-,29+/m0/s1. The van der Waals surface area contributed by atoms with Crippen LogP contribution in [0.5, 0.6) is 46.0 Å². The van der Waals surface area contributed by atoms with Gasteiger partial charge in [-0.15, -0.1) is 0 Å². The lowest BCUT2D eigenvalue weighted by molar-refractivity contribution is -0.923. The molecule has 3 aliphatic heterocycles. The molecule has 0 spiro atoms. The van der Waals surface area contributed by atoms with Crippen LogP contribution in [0.1, 0.15) is 45.5 Å². The van der Waals surface area contributed by atoms with E-state index in [0.717, 1.165) is 54.6 Å². The molecule has 0 aliphatic carbocycles. The first kappa shape index (κ1) is 29.3. The zero-order valence-electron chi connectivity index (χ0n) is 26.6. The fraction of sp³-hybridized carbons (Fsp3) is 0.351. The number of methoxy groups -OCH3 is 2. The zero-order chi connectivity index (χ0) is 31.5. The minimum absolute atomic E-state index is 0.000904. The number of ether oxygens (including phenoxy) is 4. The van der Waals surface area contributed by atoms with Gasteiger partial charge < -0.3 is 33.6 Å². The molecule has 2 N–H and O–H groups in total. The molecule has 0 unspecified atom stereocenters. The largest absolute Gasteiger partial charge is 0.504 e. The Balaban J connectivity index is 1.46. The highest BCUT2D eigenvalue weighted by Crippen LogP contribution is 2.51. The van der Waals surface area contributed by atoms with Gasteiger partial charge in [0.2, 0.25) is 5.75 Å². The van der Waals surface area contributed by atoms with Crippen LogP contribution in [0.3, 0.4) is 0 Å². The first-order chi connectivity index (χ1) is 21.6. The molecule has 4 aromatic carbocycles. The number of benzene rings is 4. The molecule has 0 saturated heterocycles. The number of fused-ring (bicyclic) bond motifs is 5. The Kier molecular flexibility index (Phi) is 7.29. The molecule has 0 aromatic heterocycles. The molecule has 3 aliphatic rings. The van der Waals surface area contributed by atoms with Crippen LogP contribution in [-0.4, -0.2) is 68.0 Å². The first-order valence-electron chi connectivity index (χ1n) is 15.6. The predicted octanol–water partition coefficient (Wildman–Crippen LogP) is 6.70. The number of nitrogens with zero attached hydrogens (tertiary/aromatic N) is 2. The third kappa shape index (κ3) is 5.22. The molecule has 8 heteroatoms. The second-order valence-corrected chi connectivity index (χ2v) is 13.1. The average molecular weight is 610 g/mol. The fourth-order valence-corrected chi connectivity index (χ4v) is 7.31. The van der Waals surface area contributed by atoms with Gasteiger partial charge in [-0.25, -0.2) is 0 Å². The maximum Gasteiger partial charge on any atom is 0.201 e. The van der Waals surface area contributed by atoms with Gasteiger partial charge in [-0.3, -0.25) is 4.90 Å². The van der Waals surface area contributed by atoms with Gasteiger partial charge in [-0.2, -0.15) is 0 Å². The summed E-state index contributed by atoms with van der Waals surface area (Å²) in [5, 5.41) is 22.5. The molecule has 0 radical (unpaired) electrons. The van der Waals surface area contributed by atoms with Crippen molar-refractivity contribution in [2.45, 2.75) is 37.8 Å². The van der Waals surface area contributed by atoms with Crippen LogP contribution in [0.4, 0.5) is 0 Å². The van der Waals surface area contributed by atoms with Gasteiger partial charge >= 0.3 is 0 Å². The number of aromatic hydroxyl groups is 2. The summed E-state index contributed by atoms with van der Waals surface area (Å²) in [5.41, 5.74) is 6.59. The van der Waals surface area contributed by atoms with Gasteiger partial charge in [0.05, 0.1) is 40.4 Å². The predicted molar refractivity (Wildman–Crippen MR) is 172 cm³/mol. The fourth-order valence-electron chi connectivity index (χ4n) is 7.31. The summed E-state index contributed by atoms with van der Waals surface area (Å²) in [6.07, 6.45) is 3.11. The second-order valence-electron chi connectivity index (χ2n) is 13.1. The van der Waals surface area contributed by atoms with Gasteiger partial charge in [0.1, 0.15) is 11.8 Å². The lowest BCUT2D eigenvalue weighted by Crippen LogP contribution is -2.48.